The van der Waals surface area contributed by atoms with E-state index in [2.05, 4.69) is 24.1 Å². The van der Waals surface area contributed by atoms with Crippen molar-refractivity contribution in [1.82, 2.24) is 9.88 Å². The van der Waals surface area contributed by atoms with Crippen molar-refractivity contribution < 1.29 is 4.79 Å². The van der Waals surface area contributed by atoms with E-state index in [1.807, 2.05) is 25.1 Å². The highest BCUT2D eigenvalue weighted by atomic mass is 32.2. The summed E-state index contributed by atoms with van der Waals surface area (Å²) in [5.74, 6) is -0.0115. The maximum Gasteiger partial charge on any atom is 0.240 e. The Kier molecular flexibility index (Phi) is 5.42. The minimum Gasteiger partial charge on any atom is -0.301 e. The molecule has 1 rings (SSSR count). The SMILES string of the molecule is CSc1sc(NC(=O)CN(C)C(C)C)nc1C. The van der Waals surface area contributed by atoms with Crippen molar-refractivity contribution in [1.29, 1.82) is 0 Å². The van der Waals surface area contributed by atoms with Gasteiger partial charge >= 0.3 is 0 Å². The van der Waals surface area contributed by atoms with Crippen LogP contribution in [0.15, 0.2) is 4.21 Å². The van der Waals surface area contributed by atoms with E-state index >= 15 is 0 Å². The highest BCUT2D eigenvalue weighted by Crippen LogP contribution is 2.30. The molecule has 0 fully saturated rings. The van der Waals surface area contributed by atoms with Crippen LogP contribution in [-0.4, -0.2) is 41.7 Å². The molecule has 0 radical (unpaired) electrons. The number of anilines is 1. The fourth-order valence-electron chi connectivity index (χ4n) is 1.19. The summed E-state index contributed by atoms with van der Waals surface area (Å²) < 4.78 is 1.15. The number of hydrogen-bond acceptors (Lipinski definition) is 5. The van der Waals surface area contributed by atoms with Gasteiger partial charge in [0.15, 0.2) is 5.13 Å². The number of thioether (sulfide) groups is 1. The fraction of sp³-hybridized carbons (Fsp3) is 0.636. The van der Waals surface area contributed by atoms with Gasteiger partial charge in [-0.25, -0.2) is 4.98 Å². The average Bonchev–Trinajstić information content (AvgIpc) is 2.58. The predicted molar refractivity (Wildman–Crippen MR) is 75.0 cm³/mol. The van der Waals surface area contributed by atoms with E-state index in [0.29, 0.717) is 17.7 Å². The van der Waals surface area contributed by atoms with Gasteiger partial charge in [-0.1, -0.05) is 11.3 Å². The third kappa shape index (κ3) is 4.29. The van der Waals surface area contributed by atoms with Crippen LogP contribution in [0.2, 0.25) is 0 Å². The second-order valence-corrected chi connectivity index (χ2v) is 6.23. The molecule has 17 heavy (non-hydrogen) atoms. The van der Waals surface area contributed by atoms with E-state index in [-0.39, 0.29) is 5.91 Å². The highest BCUT2D eigenvalue weighted by molar-refractivity contribution is 8.00. The maximum absolute atomic E-state index is 11.7. The van der Waals surface area contributed by atoms with E-state index in [0.717, 1.165) is 9.90 Å². The Bertz CT molecular complexity index is 390. The van der Waals surface area contributed by atoms with Gasteiger partial charge in [-0.2, -0.15) is 0 Å². The van der Waals surface area contributed by atoms with Gasteiger partial charge in [0.2, 0.25) is 5.91 Å². The molecule has 0 saturated carbocycles. The van der Waals surface area contributed by atoms with Crippen LogP contribution >= 0.6 is 23.1 Å². The molecule has 0 unspecified atom stereocenters. The molecule has 96 valence electrons. The lowest BCUT2D eigenvalue weighted by molar-refractivity contribution is -0.117. The van der Waals surface area contributed by atoms with E-state index in [1.165, 1.54) is 11.3 Å². The molecule has 0 aromatic carbocycles. The number of thiazole rings is 1. The molecule has 1 heterocycles. The molecule has 0 aliphatic heterocycles. The van der Waals surface area contributed by atoms with Crippen LogP contribution < -0.4 is 5.32 Å². The van der Waals surface area contributed by atoms with Gasteiger partial charge in [0.25, 0.3) is 0 Å². The molecule has 0 saturated heterocycles. The zero-order valence-corrected chi connectivity index (χ0v) is 12.5. The maximum atomic E-state index is 11.7. The minimum absolute atomic E-state index is 0.0115. The minimum atomic E-state index is -0.0115. The first-order chi connectivity index (χ1) is 7.93. The zero-order chi connectivity index (χ0) is 13.0. The number of carbonyl (C=O) groups is 1. The monoisotopic (exact) mass is 273 g/mol. The summed E-state index contributed by atoms with van der Waals surface area (Å²) in [5, 5.41) is 3.53. The zero-order valence-electron chi connectivity index (χ0n) is 10.9. The second-order valence-electron chi connectivity index (χ2n) is 4.15. The van der Waals surface area contributed by atoms with E-state index in [1.54, 1.807) is 11.8 Å². The van der Waals surface area contributed by atoms with Crippen molar-refractivity contribution in [2.24, 2.45) is 0 Å². The Hall–Kier alpha value is -0.590. The Morgan fingerprint density at radius 3 is 2.71 bits per heavy atom. The smallest absolute Gasteiger partial charge is 0.240 e. The number of nitrogens with one attached hydrogen (secondary N) is 1. The molecule has 4 nitrogen and oxygen atoms in total. The summed E-state index contributed by atoms with van der Waals surface area (Å²) in [6.07, 6.45) is 2.01. The molecule has 6 heteroatoms. The van der Waals surface area contributed by atoms with Gasteiger partial charge in [-0.3, -0.25) is 9.69 Å². The number of likely N-dealkylation sites (N-methyl/N-ethyl adjacent to an activating group) is 1. The normalized spacial score (nSPS) is 11.2. The number of aryl methyl sites for hydroxylation is 1. The second kappa shape index (κ2) is 6.37. The van der Waals surface area contributed by atoms with Crippen LogP contribution in [0.5, 0.6) is 0 Å². The Labute approximate surface area is 111 Å². The third-order valence-electron chi connectivity index (χ3n) is 2.46. The predicted octanol–water partition coefficient (Wildman–Crippen LogP) is 2.45. The van der Waals surface area contributed by atoms with Crippen molar-refractivity contribution in [2.45, 2.75) is 31.0 Å². The van der Waals surface area contributed by atoms with Gasteiger partial charge < -0.3 is 5.32 Å². The van der Waals surface area contributed by atoms with Gasteiger partial charge in [-0.05, 0) is 34.1 Å². The molecule has 1 aromatic heterocycles. The van der Waals surface area contributed by atoms with Gasteiger partial charge in [0.1, 0.15) is 0 Å². The molecular weight excluding hydrogens is 254 g/mol. The average molecular weight is 273 g/mol. The van der Waals surface area contributed by atoms with E-state index in [4.69, 9.17) is 0 Å². The van der Waals surface area contributed by atoms with E-state index in [9.17, 15) is 4.79 Å². The number of aromatic nitrogens is 1. The third-order valence-corrected chi connectivity index (χ3v) is 4.74. The summed E-state index contributed by atoms with van der Waals surface area (Å²) in [5.41, 5.74) is 0.981. The Morgan fingerprint density at radius 2 is 2.24 bits per heavy atom. The van der Waals surface area contributed by atoms with Crippen LogP contribution in [0.3, 0.4) is 0 Å². The number of rotatable bonds is 5. The molecule has 0 aliphatic rings. The molecule has 0 spiro atoms. The molecular formula is C11H19N3OS2. The summed E-state index contributed by atoms with van der Waals surface area (Å²) in [4.78, 5) is 18.1. The van der Waals surface area contributed by atoms with Gasteiger partial charge in [-0.15, -0.1) is 11.8 Å². The van der Waals surface area contributed by atoms with E-state index < -0.39 is 0 Å². The van der Waals surface area contributed by atoms with Crippen molar-refractivity contribution in [2.75, 3.05) is 25.2 Å². The van der Waals surface area contributed by atoms with Crippen LogP contribution in [0.1, 0.15) is 19.5 Å². The first-order valence-corrected chi connectivity index (χ1v) is 7.49. The summed E-state index contributed by atoms with van der Waals surface area (Å²) in [6.45, 7) is 6.47. The first-order valence-electron chi connectivity index (χ1n) is 5.45. The van der Waals surface area contributed by atoms with Gasteiger partial charge in [0.05, 0.1) is 16.4 Å². The summed E-state index contributed by atoms with van der Waals surface area (Å²) in [6, 6.07) is 0.362. The number of nitrogens with zero attached hydrogens (tertiary/aromatic N) is 2. The quantitative estimate of drug-likeness (QED) is 0.837. The van der Waals surface area contributed by atoms with Crippen LogP contribution in [0.25, 0.3) is 0 Å². The molecule has 1 N–H and O–H groups in total. The Morgan fingerprint density at radius 1 is 1.59 bits per heavy atom. The summed E-state index contributed by atoms with van der Waals surface area (Å²) in [7, 11) is 1.94. The van der Waals surface area contributed by atoms with Crippen molar-refractivity contribution in [3.8, 4) is 0 Å². The number of carbonyl (C=O) groups excluding carboxylic acids is 1. The summed E-state index contributed by atoms with van der Waals surface area (Å²) >= 11 is 3.18. The number of amides is 1. The largest absolute Gasteiger partial charge is 0.301 e. The lowest BCUT2D eigenvalue weighted by Gasteiger charge is -2.19. The Balaban J connectivity index is 2.56. The number of hydrogen-bond donors (Lipinski definition) is 1. The van der Waals surface area contributed by atoms with Gasteiger partial charge in [0, 0.05) is 6.04 Å². The first kappa shape index (κ1) is 14.5. The topological polar surface area (TPSA) is 45.2 Å². The fourth-order valence-corrected chi connectivity index (χ4v) is 2.82. The molecule has 0 bridgehead atoms. The lowest BCUT2D eigenvalue weighted by atomic mass is 10.3. The molecule has 0 atom stereocenters. The molecule has 0 aliphatic carbocycles. The lowest BCUT2D eigenvalue weighted by Crippen LogP contribution is -2.34. The highest BCUT2D eigenvalue weighted by Gasteiger charge is 2.12. The molecule has 1 aromatic rings. The van der Waals surface area contributed by atoms with Crippen molar-refractivity contribution in [3.63, 3.8) is 0 Å². The van der Waals surface area contributed by atoms with Crippen LogP contribution in [0.4, 0.5) is 5.13 Å². The van der Waals surface area contributed by atoms with Crippen molar-refractivity contribution >= 4 is 34.1 Å². The van der Waals surface area contributed by atoms with Crippen LogP contribution in [-0.2, 0) is 4.79 Å². The standard InChI is InChI=1S/C11H19N3OS2/c1-7(2)14(4)6-9(15)13-11-12-8(3)10(16-5)17-11/h7H,6H2,1-5H3,(H,12,13,15). The van der Waals surface area contributed by atoms with Crippen molar-refractivity contribution in [3.05, 3.63) is 5.69 Å². The van der Waals surface area contributed by atoms with Crippen LogP contribution in [0, 0.1) is 6.92 Å². The molecule has 1 amide bonds.